The van der Waals surface area contributed by atoms with Crippen molar-refractivity contribution in [2.75, 3.05) is 12.3 Å². The molecule has 0 saturated heterocycles. The molecule has 1 heterocycles. The van der Waals surface area contributed by atoms with Crippen LogP contribution in [0.25, 0.3) is 5.69 Å². The number of aromatic nitrogens is 1. The summed E-state index contributed by atoms with van der Waals surface area (Å²) >= 11 is 0. The maximum Gasteiger partial charge on any atom is 0.256 e. The van der Waals surface area contributed by atoms with E-state index in [4.69, 9.17) is 10.5 Å². The number of nitrogens with zero attached hydrogens (tertiary/aromatic N) is 1. The summed E-state index contributed by atoms with van der Waals surface area (Å²) in [6.07, 6.45) is 0.890. The average Bonchev–Trinajstić information content (AvgIpc) is 2.69. The van der Waals surface area contributed by atoms with E-state index >= 15 is 0 Å². The molecule has 2 N–H and O–H groups in total. The van der Waals surface area contributed by atoms with E-state index in [1.807, 2.05) is 6.92 Å². The van der Waals surface area contributed by atoms with Gasteiger partial charge >= 0.3 is 0 Å². The van der Waals surface area contributed by atoms with Crippen molar-refractivity contribution in [3.8, 4) is 11.4 Å². The number of nitrogen functional groups attached to an aromatic ring is 1. The SMILES string of the molecule is CCCOc1ccc(-n2c(N)c(C(=O)c3ccc(F)c(C)c3)ccc2=O)cc1. The van der Waals surface area contributed by atoms with Gasteiger partial charge in [-0.15, -0.1) is 0 Å². The van der Waals surface area contributed by atoms with Gasteiger partial charge in [-0.2, -0.15) is 0 Å². The number of hydrogen-bond donors (Lipinski definition) is 1. The molecule has 0 atom stereocenters. The highest BCUT2D eigenvalue weighted by molar-refractivity contribution is 6.11. The van der Waals surface area contributed by atoms with Gasteiger partial charge in [0.05, 0.1) is 17.9 Å². The highest BCUT2D eigenvalue weighted by Crippen LogP contribution is 2.21. The molecule has 0 aliphatic heterocycles. The van der Waals surface area contributed by atoms with Crippen LogP contribution in [0.4, 0.5) is 10.2 Å². The predicted molar refractivity (Wildman–Crippen MR) is 107 cm³/mol. The zero-order valence-electron chi connectivity index (χ0n) is 15.7. The highest BCUT2D eigenvalue weighted by Gasteiger charge is 2.17. The van der Waals surface area contributed by atoms with Gasteiger partial charge < -0.3 is 10.5 Å². The number of carbonyl (C=O) groups excluding carboxylic acids is 1. The van der Waals surface area contributed by atoms with Crippen LogP contribution < -0.4 is 16.0 Å². The molecule has 0 saturated carbocycles. The van der Waals surface area contributed by atoms with Crippen molar-refractivity contribution in [2.45, 2.75) is 20.3 Å². The number of nitrogens with two attached hydrogens (primary N) is 1. The zero-order valence-corrected chi connectivity index (χ0v) is 15.7. The minimum Gasteiger partial charge on any atom is -0.494 e. The summed E-state index contributed by atoms with van der Waals surface area (Å²) in [7, 11) is 0. The van der Waals surface area contributed by atoms with Crippen LogP contribution in [-0.4, -0.2) is 17.0 Å². The van der Waals surface area contributed by atoms with Gasteiger partial charge in [0.25, 0.3) is 5.56 Å². The first-order chi connectivity index (χ1) is 13.4. The smallest absolute Gasteiger partial charge is 0.256 e. The molecule has 0 amide bonds. The largest absolute Gasteiger partial charge is 0.494 e. The fourth-order valence-corrected chi connectivity index (χ4v) is 2.86. The fourth-order valence-electron chi connectivity index (χ4n) is 2.86. The van der Waals surface area contributed by atoms with Crippen LogP contribution in [0.15, 0.2) is 59.4 Å². The summed E-state index contributed by atoms with van der Waals surface area (Å²) in [6, 6.07) is 13.7. The molecule has 3 aromatic rings. The lowest BCUT2D eigenvalue weighted by atomic mass is 10.0. The Kier molecular flexibility index (Phi) is 5.59. The second kappa shape index (κ2) is 8.08. The average molecular weight is 380 g/mol. The van der Waals surface area contributed by atoms with E-state index in [1.54, 1.807) is 31.2 Å². The van der Waals surface area contributed by atoms with Crippen LogP contribution >= 0.6 is 0 Å². The molecule has 5 nitrogen and oxygen atoms in total. The lowest BCUT2D eigenvalue weighted by Gasteiger charge is -2.14. The van der Waals surface area contributed by atoms with E-state index in [9.17, 15) is 14.0 Å². The van der Waals surface area contributed by atoms with Gasteiger partial charge in [-0.25, -0.2) is 4.39 Å². The summed E-state index contributed by atoms with van der Waals surface area (Å²) in [4.78, 5) is 25.3. The van der Waals surface area contributed by atoms with Gasteiger partial charge in [0.2, 0.25) is 0 Å². The number of carbonyl (C=O) groups is 1. The third kappa shape index (κ3) is 3.81. The van der Waals surface area contributed by atoms with E-state index in [1.165, 1.54) is 34.9 Å². The minimum absolute atomic E-state index is 0.0294. The van der Waals surface area contributed by atoms with Crippen LogP contribution in [0.2, 0.25) is 0 Å². The number of hydrogen-bond acceptors (Lipinski definition) is 4. The molecule has 1 aromatic heterocycles. The lowest BCUT2D eigenvalue weighted by molar-refractivity contribution is 0.103. The van der Waals surface area contributed by atoms with Crippen LogP contribution in [-0.2, 0) is 0 Å². The Morgan fingerprint density at radius 1 is 1.11 bits per heavy atom. The Labute approximate surface area is 162 Å². The zero-order chi connectivity index (χ0) is 20.3. The Bertz CT molecular complexity index is 1070. The lowest BCUT2D eigenvalue weighted by Crippen LogP contribution is -2.23. The topological polar surface area (TPSA) is 74.3 Å². The highest BCUT2D eigenvalue weighted by atomic mass is 19.1. The molecule has 3 rings (SSSR count). The molecule has 0 unspecified atom stereocenters. The predicted octanol–water partition coefficient (Wildman–Crippen LogP) is 3.89. The molecule has 0 aliphatic rings. The molecule has 0 aliphatic carbocycles. The number of anilines is 1. The molecule has 0 spiro atoms. The van der Waals surface area contributed by atoms with Crippen molar-refractivity contribution in [2.24, 2.45) is 0 Å². The van der Waals surface area contributed by atoms with Crippen molar-refractivity contribution in [3.63, 3.8) is 0 Å². The molecule has 0 fully saturated rings. The second-order valence-corrected chi connectivity index (χ2v) is 6.44. The first-order valence-corrected chi connectivity index (χ1v) is 8.98. The first-order valence-electron chi connectivity index (χ1n) is 8.98. The monoisotopic (exact) mass is 380 g/mol. The molecule has 0 radical (unpaired) electrons. The van der Waals surface area contributed by atoms with Crippen LogP contribution in [0, 0.1) is 12.7 Å². The summed E-state index contributed by atoms with van der Waals surface area (Å²) in [5, 5.41) is 0. The number of benzene rings is 2. The third-order valence-electron chi connectivity index (χ3n) is 4.36. The van der Waals surface area contributed by atoms with Crippen molar-refractivity contribution >= 4 is 11.6 Å². The van der Waals surface area contributed by atoms with Gasteiger partial charge in [0.15, 0.2) is 5.78 Å². The minimum atomic E-state index is -0.389. The van der Waals surface area contributed by atoms with E-state index in [2.05, 4.69) is 0 Å². The Balaban J connectivity index is 2.01. The molecule has 28 heavy (non-hydrogen) atoms. The maximum atomic E-state index is 13.5. The first kappa shape index (κ1) is 19.4. The van der Waals surface area contributed by atoms with E-state index < -0.39 is 0 Å². The standard InChI is InChI=1S/C22H21FN2O3/c1-3-12-28-17-7-5-16(6-8-17)25-20(26)11-9-18(22(25)24)21(27)15-4-10-19(23)14(2)13-15/h4-11,13H,3,12,24H2,1-2H3. The summed E-state index contributed by atoms with van der Waals surface area (Å²) < 4.78 is 20.3. The van der Waals surface area contributed by atoms with Crippen molar-refractivity contribution < 1.29 is 13.9 Å². The number of rotatable bonds is 6. The maximum absolute atomic E-state index is 13.5. The van der Waals surface area contributed by atoms with Crippen LogP contribution in [0.5, 0.6) is 5.75 Å². The third-order valence-corrected chi connectivity index (χ3v) is 4.36. The quantitative estimate of drug-likeness (QED) is 0.659. The Morgan fingerprint density at radius 2 is 1.82 bits per heavy atom. The van der Waals surface area contributed by atoms with E-state index in [-0.39, 0.29) is 28.5 Å². The second-order valence-electron chi connectivity index (χ2n) is 6.44. The molecule has 2 aromatic carbocycles. The van der Waals surface area contributed by atoms with Gasteiger partial charge in [-0.1, -0.05) is 6.92 Å². The Morgan fingerprint density at radius 3 is 2.46 bits per heavy atom. The Hall–Kier alpha value is -3.41. The van der Waals surface area contributed by atoms with Crippen molar-refractivity contribution in [3.05, 3.63) is 87.5 Å². The molecular formula is C22H21FN2O3. The molecule has 144 valence electrons. The summed E-state index contributed by atoms with van der Waals surface area (Å²) in [5.41, 5.74) is 7.19. The van der Waals surface area contributed by atoms with Crippen molar-refractivity contribution in [1.29, 1.82) is 0 Å². The molecule has 0 bridgehead atoms. The van der Waals surface area contributed by atoms with Crippen LogP contribution in [0.3, 0.4) is 0 Å². The number of aryl methyl sites for hydroxylation is 1. The molecule has 6 heteroatoms. The van der Waals surface area contributed by atoms with Gasteiger partial charge in [0, 0.05) is 11.6 Å². The number of ether oxygens (including phenoxy) is 1. The summed E-state index contributed by atoms with van der Waals surface area (Å²) in [5.74, 6) is -0.0509. The summed E-state index contributed by atoms with van der Waals surface area (Å²) in [6.45, 7) is 4.20. The number of halogens is 1. The van der Waals surface area contributed by atoms with E-state index in [0.29, 0.717) is 29.2 Å². The normalized spacial score (nSPS) is 10.7. The van der Waals surface area contributed by atoms with Crippen molar-refractivity contribution in [1.82, 2.24) is 4.57 Å². The number of pyridine rings is 1. The number of ketones is 1. The van der Waals surface area contributed by atoms with E-state index in [0.717, 1.165) is 6.42 Å². The van der Waals surface area contributed by atoms with Gasteiger partial charge in [-0.05, 0) is 67.4 Å². The van der Waals surface area contributed by atoms with Gasteiger partial charge in [0.1, 0.15) is 17.4 Å². The van der Waals surface area contributed by atoms with Gasteiger partial charge in [-0.3, -0.25) is 14.2 Å². The van der Waals surface area contributed by atoms with Crippen LogP contribution in [0.1, 0.15) is 34.8 Å². The molecular weight excluding hydrogens is 359 g/mol. The fraction of sp³-hybridized carbons (Fsp3) is 0.182.